The zero-order chi connectivity index (χ0) is 37.5. The third kappa shape index (κ3) is 5.01. The molecule has 0 saturated carbocycles. The summed E-state index contributed by atoms with van der Waals surface area (Å²) in [6, 6.07) is 64.3. The molecule has 1 atom stereocenters. The van der Waals surface area contributed by atoms with E-state index in [1.165, 1.54) is 53.2 Å². The van der Waals surface area contributed by atoms with Gasteiger partial charge in [0.15, 0.2) is 12.0 Å². The standard InChI is InChI=1S/C51H32N4OS/c1-3-14-31(15-4-1)49-52-50(32-16-5-2-6-17-32)54-51(53-49)38-22-11-21-37-39-30-33(28-29-43(39)56-48(37)38)34-20-12-26-44-46(34)47-42(25-13-27-45(47)57-44)55-40-23-9-7-18-35(40)36-19-8-10-24-41(36)55/h1-30,51H,(H,52,53,54). The smallest absolute Gasteiger partial charge is 0.159 e. The van der Waals surface area contributed by atoms with Crippen LogP contribution in [0.3, 0.4) is 0 Å². The molecular formula is C51H32N4OS. The van der Waals surface area contributed by atoms with Crippen LogP contribution in [0.2, 0.25) is 0 Å². The van der Waals surface area contributed by atoms with Gasteiger partial charge in [-0.15, -0.1) is 11.3 Å². The van der Waals surface area contributed by atoms with Crippen LogP contribution < -0.4 is 5.32 Å². The van der Waals surface area contributed by atoms with E-state index >= 15 is 0 Å². The Morgan fingerprint density at radius 1 is 0.526 bits per heavy atom. The van der Waals surface area contributed by atoms with E-state index in [9.17, 15) is 0 Å². The van der Waals surface area contributed by atoms with Gasteiger partial charge in [-0.1, -0.05) is 140 Å². The summed E-state index contributed by atoms with van der Waals surface area (Å²) in [5.74, 6) is 1.46. The maximum Gasteiger partial charge on any atom is 0.159 e. The van der Waals surface area contributed by atoms with E-state index in [0.717, 1.165) is 50.0 Å². The summed E-state index contributed by atoms with van der Waals surface area (Å²) in [6.07, 6.45) is -0.401. The molecule has 0 radical (unpaired) electrons. The second-order valence-corrected chi connectivity index (χ2v) is 15.6. The van der Waals surface area contributed by atoms with Gasteiger partial charge in [-0.2, -0.15) is 0 Å². The van der Waals surface area contributed by atoms with Gasteiger partial charge in [-0.25, -0.2) is 9.98 Å². The van der Waals surface area contributed by atoms with Crippen LogP contribution in [0.15, 0.2) is 196 Å². The fraction of sp³-hybridized carbons (Fsp3) is 0.0196. The van der Waals surface area contributed by atoms with Gasteiger partial charge in [-0.3, -0.25) is 0 Å². The summed E-state index contributed by atoms with van der Waals surface area (Å²) in [4.78, 5) is 10.1. The Bertz CT molecular complexity index is 3390. The highest BCUT2D eigenvalue weighted by atomic mass is 32.1. The molecule has 5 nitrogen and oxygen atoms in total. The van der Waals surface area contributed by atoms with E-state index < -0.39 is 6.17 Å². The van der Waals surface area contributed by atoms with Gasteiger partial charge in [0.05, 0.1) is 16.7 Å². The van der Waals surface area contributed by atoms with Crippen LogP contribution in [-0.4, -0.2) is 16.2 Å². The highest BCUT2D eigenvalue weighted by molar-refractivity contribution is 7.26. The first-order chi connectivity index (χ1) is 28.3. The van der Waals surface area contributed by atoms with Crippen LogP contribution >= 0.6 is 11.3 Å². The van der Waals surface area contributed by atoms with Crippen LogP contribution in [0.4, 0.5) is 0 Å². The Morgan fingerprint density at radius 3 is 1.95 bits per heavy atom. The average Bonchev–Trinajstić information content (AvgIpc) is 3.96. The lowest BCUT2D eigenvalue weighted by Gasteiger charge is -2.23. The summed E-state index contributed by atoms with van der Waals surface area (Å²) < 4.78 is 11.7. The second-order valence-electron chi connectivity index (χ2n) is 14.5. The maximum absolute atomic E-state index is 6.75. The normalized spacial score (nSPS) is 14.5. The van der Waals surface area contributed by atoms with E-state index in [0.29, 0.717) is 5.84 Å². The first kappa shape index (κ1) is 32.0. The molecule has 8 aromatic carbocycles. The van der Waals surface area contributed by atoms with Crippen molar-refractivity contribution in [3.8, 4) is 16.8 Å². The molecule has 0 amide bonds. The van der Waals surface area contributed by atoms with Crippen molar-refractivity contribution in [2.75, 3.05) is 0 Å². The maximum atomic E-state index is 6.75. The van der Waals surface area contributed by atoms with Crippen LogP contribution in [-0.2, 0) is 0 Å². The monoisotopic (exact) mass is 748 g/mol. The largest absolute Gasteiger partial charge is 0.456 e. The Labute approximate surface area is 331 Å². The number of benzene rings is 8. The van der Waals surface area contributed by atoms with Gasteiger partial charge in [-0.05, 0) is 53.6 Å². The summed E-state index contributed by atoms with van der Waals surface area (Å²) >= 11 is 1.85. The first-order valence-corrected chi connectivity index (χ1v) is 20.0. The molecule has 0 fully saturated rings. The third-order valence-corrected chi connectivity index (χ3v) is 12.4. The average molecular weight is 749 g/mol. The molecule has 0 spiro atoms. The number of fused-ring (bicyclic) bond motifs is 9. The topological polar surface area (TPSA) is 54.8 Å². The molecule has 268 valence electrons. The van der Waals surface area contributed by atoms with Gasteiger partial charge < -0.3 is 14.3 Å². The number of nitrogens with one attached hydrogen (secondary N) is 1. The van der Waals surface area contributed by atoms with Gasteiger partial charge in [0.25, 0.3) is 0 Å². The zero-order valence-electron chi connectivity index (χ0n) is 30.6. The molecule has 57 heavy (non-hydrogen) atoms. The Hall–Kier alpha value is -7.28. The Kier molecular flexibility index (Phi) is 7.09. The lowest BCUT2D eigenvalue weighted by molar-refractivity contribution is 0.628. The molecule has 0 bridgehead atoms. The summed E-state index contributed by atoms with van der Waals surface area (Å²) in [5, 5.41) is 10.8. The number of nitrogens with zero attached hydrogens (tertiary/aromatic N) is 3. The summed E-state index contributed by atoms with van der Waals surface area (Å²) in [5.41, 5.74) is 10.6. The highest BCUT2D eigenvalue weighted by Crippen LogP contribution is 2.45. The van der Waals surface area contributed by atoms with Crippen molar-refractivity contribution in [3.05, 3.63) is 199 Å². The molecule has 1 N–H and O–H groups in total. The van der Waals surface area contributed by atoms with Crippen LogP contribution in [0, 0.1) is 0 Å². The summed E-state index contributed by atoms with van der Waals surface area (Å²) in [6.45, 7) is 0. The minimum Gasteiger partial charge on any atom is -0.456 e. The van der Waals surface area contributed by atoms with Crippen LogP contribution in [0.25, 0.3) is 80.7 Å². The van der Waals surface area contributed by atoms with Crippen LogP contribution in [0.5, 0.6) is 0 Å². The number of para-hydroxylation sites is 3. The number of amidine groups is 2. The molecule has 1 aliphatic rings. The number of aromatic nitrogens is 1. The molecule has 1 aliphatic heterocycles. The number of furan rings is 1. The SMILES string of the molecule is c1ccc(C2=NC(c3cccc4c3oc3ccc(-c5cccc6sc7cccc(-n8c9ccccc9c9ccccc98)c7c56)cc34)NC(c3ccccc3)=N2)cc1. The van der Waals surface area contributed by atoms with Gasteiger partial charge in [0.2, 0.25) is 0 Å². The van der Waals surface area contributed by atoms with Gasteiger partial charge in [0, 0.05) is 58.4 Å². The Balaban J connectivity index is 1.03. The third-order valence-electron chi connectivity index (χ3n) is 11.3. The number of hydrogen-bond donors (Lipinski definition) is 1. The van der Waals surface area contributed by atoms with Crippen molar-refractivity contribution in [1.82, 2.24) is 9.88 Å². The minimum absolute atomic E-state index is 0.401. The second kappa shape index (κ2) is 12.6. The predicted octanol–water partition coefficient (Wildman–Crippen LogP) is 13.2. The quantitative estimate of drug-likeness (QED) is 0.191. The van der Waals surface area contributed by atoms with E-state index in [4.69, 9.17) is 14.4 Å². The van der Waals surface area contributed by atoms with E-state index in [2.05, 4.69) is 155 Å². The lowest BCUT2D eigenvalue weighted by Crippen LogP contribution is -2.33. The molecule has 12 rings (SSSR count). The van der Waals surface area contributed by atoms with E-state index in [1.54, 1.807) is 0 Å². The van der Waals surface area contributed by atoms with Crippen molar-refractivity contribution < 1.29 is 4.42 Å². The fourth-order valence-electron chi connectivity index (χ4n) is 8.73. The Morgan fingerprint density at radius 2 is 1.18 bits per heavy atom. The fourth-order valence-corrected chi connectivity index (χ4v) is 9.88. The highest BCUT2D eigenvalue weighted by Gasteiger charge is 2.25. The molecule has 0 saturated heterocycles. The lowest BCUT2D eigenvalue weighted by atomic mass is 9.97. The molecule has 6 heteroatoms. The van der Waals surface area contributed by atoms with Crippen molar-refractivity contribution in [3.63, 3.8) is 0 Å². The van der Waals surface area contributed by atoms with Crippen molar-refractivity contribution in [2.24, 2.45) is 9.98 Å². The first-order valence-electron chi connectivity index (χ1n) is 19.2. The summed E-state index contributed by atoms with van der Waals surface area (Å²) in [7, 11) is 0. The van der Waals surface area contributed by atoms with Gasteiger partial charge >= 0.3 is 0 Å². The predicted molar refractivity (Wildman–Crippen MR) is 238 cm³/mol. The number of thiophene rings is 1. The molecule has 11 aromatic rings. The molecule has 0 aliphatic carbocycles. The molecule has 1 unspecified atom stereocenters. The number of hydrogen-bond acceptors (Lipinski definition) is 5. The zero-order valence-corrected chi connectivity index (χ0v) is 31.4. The molecular weight excluding hydrogens is 717 g/mol. The number of rotatable bonds is 5. The van der Waals surface area contributed by atoms with E-state index in [1.807, 2.05) is 47.7 Å². The molecule has 4 heterocycles. The van der Waals surface area contributed by atoms with E-state index in [-0.39, 0.29) is 0 Å². The van der Waals surface area contributed by atoms with Crippen molar-refractivity contribution in [2.45, 2.75) is 6.17 Å². The van der Waals surface area contributed by atoms with Crippen molar-refractivity contribution >= 4 is 86.9 Å². The molecule has 3 aromatic heterocycles. The van der Waals surface area contributed by atoms with Crippen molar-refractivity contribution in [1.29, 1.82) is 0 Å². The van der Waals surface area contributed by atoms with Gasteiger partial charge in [0.1, 0.15) is 17.0 Å². The minimum atomic E-state index is -0.401. The van der Waals surface area contributed by atoms with Crippen LogP contribution in [0.1, 0.15) is 22.9 Å². The number of aliphatic imine (C=N–C) groups is 2.